The third-order valence-electron chi connectivity index (χ3n) is 3.79. The minimum Gasteiger partial charge on any atom is -0.341 e. The van der Waals surface area contributed by atoms with Crippen LogP contribution < -0.4 is 0 Å². The number of carbonyl (C=O) groups excluding carboxylic acids is 1. The molecule has 0 spiro atoms. The number of benzene rings is 1. The lowest BCUT2D eigenvalue weighted by Crippen LogP contribution is -2.37. The second-order valence-corrected chi connectivity index (χ2v) is 7.69. The molecule has 0 N–H and O–H groups in total. The maximum atomic E-state index is 12.7. The highest BCUT2D eigenvalue weighted by atomic mass is 35.5. The van der Waals surface area contributed by atoms with Gasteiger partial charge in [0.05, 0.1) is 17.1 Å². The smallest absolute Gasteiger partial charge is 0.227 e. The lowest BCUT2D eigenvalue weighted by atomic mass is 10.1. The molecule has 1 amide bonds. The Morgan fingerprint density at radius 1 is 1.21 bits per heavy atom. The third kappa shape index (κ3) is 5.03. The molecule has 2 aromatic rings. The fourth-order valence-corrected chi connectivity index (χ4v) is 3.53. The molecular weight excluding hydrogens is 342 g/mol. The van der Waals surface area contributed by atoms with E-state index in [0.29, 0.717) is 11.4 Å². The summed E-state index contributed by atoms with van der Waals surface area (Å²) in [5, 5.41) is 1.67. The van der Waals surface area contributed by atoms with Gasteiger partial charge in [0.15, 0.2) is 0 Å². The summed E-state index contributed by atoms with van der Waals surface area (Å²) in [5.41, 5.74) is 1.90. The Kier molecular flexibility index (Phi) is 6.78. The normalized spacial score (nSPS) is 11.1. The molecule has 24 heavy (non-hydrogen) atoms. The van der Waals surface area contributed by atoms with Crippen molar-refractivity contribution >= 4 is 28.8 Å². The number of amides is 1. The zero-order valence-corrected chi connectivity index (χ0v) is 16.2. The zero-order valence-electron chi connectivity index (χ0n) is 14.7. The summed E-state index contributed by atoms with van der Waals surface area (Å²) < 4.78 is 0. The summed E-state index contributed by atoms with van der Waals surface area (Å²) in [7, 11) is 4.03. The van der Waals surface area contributed by atoms with Crippen LogP contribution in [0.5, 0.6) is 0 Å². The maximum absolute atomic E-state index is 12.7. The molecule has 1 aromatic heterocycles. The Morgan fingerprint density at radius 2 is 1.88 bits per heavy atom. The van der Waals surface area contributed by atoms with Crippen LogP contribution in [0.25, 0.3) is 11.3 Å². The molecule has 0 unspecified atom stereocenters. The predicted octanol–water partition coefficient (Wildman–Crippen LogP) is 3.72. The second-order valence-electron chi connectivity index (χ2n) is 5.97. The van der Waals surface area contributed by atoms with Crippen LogP contribution in [0.1, 0.15) is 16.8 Å². The molecule has 0 aliphatic heterocycles. The van der Waals surface area contributed by atoms with Gasteiger partial charge in [0.25, 0.3) is 0 Å². The van der Waals surface area contributed by atoms with Crippen LogP contribution in [0, 0.1) is 6.92 Å². The van der Waals surface area contributed by atoms with Gasteiger partial charge in [-0.3, -0.25) is 4.79 Å². The summed E-state index contributed by atoms with van der Waals surface area (Å²) >= 11 is 7.56. The van der Waals surface area contributed by atoms with E-state index in [0.717, 1.165) is 40.8 Å². The molecular formula is C18H24ClN3OS. The molecule has 130 valence electrons. The Balaban J connectivity index is 2.17. The molecule has 1 aromatic carbocycles. The molecule has 0 aliphatic rings. The first-order valence-electron chi connectivity index (χ1n) is 8.05. The number of hydrogen-bond acceptors (Lipinski definition) is 4. The second kappa shape index (κ2) is 8.60. The molecule has 0 atom stereocenters. The number of likely N-dealkylation sites (N-methyl/N-ethyl adjacent to an activating group) is 2. The first-order chi connectivity index (χ1) is 11.4. The minimum atomic E-state index is 0.151. The largest absolute Gasteiger partial charge is 0.341 e. The Labute approximate surface area is 153 Å². The van der Waals surface area contributed by atoms with Gasteiger partial charge in [0, 0.05) is 35.1 Å². The zero-order chi connectivity index (χ0) is 17.7. The van der Waals surface area contributed by atoms with Gasteiger partial charge in [0.1, 0.15) is 0 Å². The Hall–Kier alpha value is -1.43. The van der Waals surface area contributed by atoms with Crippen LogP contribution in [-0.4, -0.2) is 54.4 Å². The highest BCUT2D eigenvalue weighted by molar-refractivity contribution is 7.12. The van der Waals surface area contributed by atoms with Crippen LogP contribution in [-0.2, 0) is 11.2 Å². The highest BCUT2D eigenvalue weighted by Gasteiger charge is 2.18. The van der Waals surface area contributed by atoms with Gasteiger partial charge in [0.2, 0.25) is 5.91 Å². The van der Waals surface area contributed by atoms with Gasteiger partial charge in [-0.15, -0.1) is 11.3 Å². The molecule has 0 saturated heterocycles. The van der Waals surface area contributed by atoms with Crippen molar-refractivity contribution in [3.63, 3.8) is 0 Å². The number of rotatable bonds is 7. The molecule has 4 nitrogen and oxygen atoms in total. The number of aryl methyl sites for hydroxylation is 1. The van der Waals surface area contributed by atoms with Crippen LogP contribution >= 0.6 is 22.9 Å². The Morgan fingerprint density at radius 3 is 2.46 bits per heavy atom. The van der Waals surface area contributed by atoms with Gasteiger partial charge in [-0.2, -0.15) is 0 Å². The van der Waals surface area contributed by atoms with Crippen molar-refractivity contribution in [3.8, 4) is 11.3 Å². The van der Waals surface area contributed by atoms with E-state index in [1.807, 2.05) is 57.1 Å². The first kappa shape index (κ1) is 18.9. The molecule has 0 radical (unpaired) electrons. The van der Waals surface area contributed by atoms with Gasteiger partial charge in [-0.1, -0.05) is 23.7 Å². The fourth-order valence-electron chi connectivity index (χ4n) is 2.45. The summed E-state index contributed by atoms with van der Waals surface area (Å²) in [6.07, 6.45) is 0.394. The third-order valence-corrected chi connectivity index (χ3v) is 5.01. The molecule has 0 saturated carbocycles. The number of nitrogens with zero attached hydrogens (tertiary/aromatic N) is 3. The lowest BCUT2D eigenvalue weighted by Gasteiger charge is -2.22. The highest BCUT2D eigenvalue weighted by Crippen LogP contribution is 2.29. The van der Waals surface area contributed by atoms with Crippen LogP contribution in [0.15, 0.2) is 24.3 Å². The number of halogens is 1. The summed E-state index contributed by atoms with van der Waals surface area (Å²) in [6, 6.07) is 7.61. The molecule has 0 bridgehead atoms. The van der Waals surface area contributed by atoms with Crippen molar-refractivity contribution in [3.05, 3.63) is 39.2 Å². The van der Waals surface area contributed by atoms with Gasteiger partial charge >= 0.3 is 0 Å². The van der Waals surface area contributed by atoms with E-state index in [1.54, 1.807) is 11.3 Å². The van der Waals surface area contributed by atoms with Crippen LogP contribution in [0.3, 0.4) is 0 Å². The van der Waals surface area contributed by atoms with E-state index in [2.05, 4.69) is 9.88 Å². The number of thiazole rings is 1. The van der Waals surface area contributed by atoms with E-state index in [1.165, 1.54) is 0 Å². The maximum Gasteiger partial charge on any atom is 0.227 e. The van der Waals surface area contributed by atoms with Crippen LogP contribution in [0.2, 0.25) is 5.02 Å². The summed E-state index contributed by atoms with van der Waals surface area (Å²) in [5.74, 6) is 0.151. The van der Waals surface area contributed by atoms with E-state index in [4.69, 9.17) is 11.6 Å². The van der Waals surface area contributed by atoms with E-state index in [9.17, 15) is 4.79 Å². The van der Waals surface area contributed by atoms with E-state index >= 15 is 0 Å². The first-order valence-corrected chi connectivity index (χ1v) is 9.25. The predicted molar refractivity (Wildman–Crippen MR) is 102 cm³/mol. The van der Waals surface area contributed by atoms with Crippen molar-refractivity contribution in [2.75, 3.05) is 33.7 Å². The quantitative estimate of drug-likeness (QED) is 0.750. The monoisotopic (exact) mass is 365 g/mol. The molecule has 0 aliphatic carbocycles. The van der Waals surface area contributed by atoms with Gasteiger partial charge < -0.3 is 9.80 Å². The summed E-state index contributed by atoms with van der Waals surface area (Å²) in [6.45, 7) is 6.33. The van der Waals surface area contributed by atoms with Crippen molar-refractivity contribution in [1.29, 1.82) is 0 Å². The number of hydrogen-bond donors (Lipinski definition) is 0. The standard InChI is InChI=1S/C18H24ClN3OS/c1-5-22(11-10-21(3)4)17(23)12-16-18(20-13(2)24-16)14-6-8-15(19)9-7-14/h6-9H,5,10-12H2,1-4H3. The topological polar surface area (TPSA) is 36.4 Å². The SMILES string of the molecule is CCN(CCN(C)C)C(=O)Cc1sc(C)nc1-c1ccc(Cl)cc1. The van der Waals surface area contributed by atoms with E-state index < -0.39 is 0 Å². The average molecular weight is 366 g/mol. The molecule has 1 heterocycles. The Bertz CT molecular complexity index is 682. The van der Waals surface area contributed by atoms with Crippen LogP contribution in [0.4, 0.5) is 0 Å². The number of aromatic nitrogens is 1. The van der Waals surface area contributed by atoms with Crippen molar-refractivity contribution in [1.82, 2.24) is 14.8 Å². The minimum absolute atomic E-state index is 0.151. The molecule has 2 rings (SSSR count). The van der Waals surface area contributed by atoms with Gasteiger partial charge in [-0.05, 0) is 40.1 Å². The van der Waals surface area contributed by atoms with E-state index in [-0.39, 0.29) is 5.91 Å². The summed E-state index contributed by atoms with van der Waals surface area (Å²) in [4.78, 5) is 22.3. The number of carbonyl (C=O) groups is 1. The fraction of sp³-hybridized carbons (Fsp3) is 0.444. The van der Waals surface area contributed by atoms with Crippen molar-refractivity contribution in [2.24, 2.45) is 0 Å². The van der Waals surface area contributed by atoms with Crippen molar-refractivity contribution in [2.45, 2.75) is 20.3 Å². The van der Waals surface area contributed by atoms with Gasteiger partial charge in [-0.25, -0.2) is 4.98 Å². The molecule has 6 heteroatoms. The molecule has 0 fully saturated rings. The average Bonchev–Trinajstić information content (AvgIpc) is 2.89. The lowest BCUT2D eigenvalue weighted by molar-refractivity contribution is -0.130. The van der Waals surface area contributed by atoms with Crippen molar-refractivity contribution < 1.29 is 4.79 Å².